The van der Waals surface area contributed by atoms with Crippen LogP contribution in [0.2, 0.25) is 0 Å². The number of nitrogens with zero attached hydrogens (tertiary/aromatic N) is 1. The predicted molar refractivity (Wildman–Crippen MR) is 67.5 cm³/mol. The molecule has 3 nitrogen and oxygen atoms in total. The zero-order valence-electron chi connectivity index (χ0n) is 10.0. The molecule has 0 aliphatic heterocycles. The minimum absolute atomic E-state index is 0.00426. The molecule has 0 atom stereocenters. The van der Waals surface area contributed by atoms with Crippen LogP contribution in [0.3, 0.4) is 0 Å². The molecule has 0 unspecified atom stereocenters. The van der Waals surface area contributed by atoms with Gasteiger partial charge in [0, 0.05) is 6.54 Å². The summed E-state index contributed by atoms with van der Waals surface area (Å²) in [6, 6.07) is 6.72. The van der Waals surface area contributed by atoms with Gasteiger partial charge in [0.1, 0.15) is 5.75 Å². The molecule has 0 radical (unpaired) electrons. The Hall–Kier alpha value is -1.95. The van der Waals surface area contributed by atoms with Crippen LogP contribution >= 0.6 is 0 Å². The molecule has 0 spiro atoms. The molecule has 3 heteroatoms. The second-order valence-corrected chi connectivity index (χ2v) is 3.87. The highest BCUT2D eigenvalue weighted by atomic mass is 16.3. The van der Waals surface area contributed by atoms with Crippen LogP contribution in [0.4, 0.5) is 0 Å². The number of hydrogen-bond donors (Lipinski definition) is 1. The van der Waals surface area contributed by atoms with Crippen LogP contribution in [0.5, 0.6) is 5.75 Å². The van der Waals surface area contributed by atoms with Crippen molar-refractivity contribution in [2.24, 2.45) is 0 Å². The number of phenols is 1. The van der Waals surface area contributed by atoms with E-state index >= 15 is 0 Å². The lowest BCUT2D eigenvalue weighted by Gasteiger charge is -2.19. The first kappa shape index (κ1) is 13.1. The van der Waals surface area contributed by atoms with Crippen molar-refractivity contribution in [1.82, 2.24) is 4.90 Å². The molecule has 0 fully saturated rings. The first-order valence-electron chi connectivity index (χ1n) is 5.66. The van der Waals surface area contributed by atoms with Crippen molar-refractivity contribution in [3.05, 3.63) is 29.8 Å². The predicted octanol–water partition coefficient (Wildman–Crippen LogP) is 1.81. The highest BCUT2D eigenvalue weighted by Gasteiger charge is 2.12. The van der Waals surface area contributed by atoms with E-state index in [0.717, 1.165) is 12.0 Å². The number of benzene rings is 1. The molecule has 0 saturated heterocycles. The molecule has 0 saturated carbocycles. The number of rotatable bonds is 5. The van der Waals surface area contributed by atoms with Gasteiger partial charge in [-0.1, -0.05) is 25.0 Å². The molecule has 17 heavy (non-hydrogen) atoms. The first-order valence-corrected chi connectivity index (χ1v) is 5.66. The normalized spacial score (nSPS) is 9.65. The van der Waals surface area contributed by atoms with E-state index in [4.69, 9.17) is 6.42 Å². The van der Waals surface area contributed by atoms with Gasteiger partial charge in [0.2, 0.25) is 5.91 Å². The Morgan fingerprint density at radius 1 is 1.53 bits per heavy atom. The summed E-state index contributed by atoms with van der Waals surface area (Å²) < 4.78 is 0. The summed E-state index contributed by atoms with van der Waals surface area (Å²) in [6.07, 6.45) is 6.39. The Morgan fingerprint density at radius 2 is 2.29 bits per heavy atom. The third-order valence-corrected chi connectivity index (χ3v) is 2.39. The topological polar surface area (TPSA) is 40.5 Å². The second kappa shape index (κ2) is 6.59. The van der Waals surface area contributed by atoms with Crippen LogP contribution in [0, 0.1) is 12.3 Å². The average molecular weight is 231 g/mol. The van der Waals surface area contributed by atoms with Crippen molar-refractivity contribution < 1.29 is 9.90 Å². The molecule has 1 aromatic carbocycles. The van der Waals surface area contributed by atoms with Gasteiger partial charge in [-0.05, 0) is 24.1 Å². The summed E-state index contributed by atoms with van der Waals surface area (Å²) >= 11 is 0. The number of phenolic OH excluding ortho intramolecular Hbond substituents is 1. The van der Waals surface area contributed by atoms with Crippen LogP contribution in [0.1, 0.15) is 18.9 Å². The van der Waals surface area contributed by atoms with E-state index in [-0.39, 0.29) is 18.1 Å². The van der Waals surface area contributed by atoms with Crippen LogP contribution in [0.15, 0.2) is 24.3 Å². The molecular weight excluding hydrogens is 214 g/mol. The number of amides is 1. The fraction of sp³-hybridized carbons (Fsp3) is 0.357. The molecule has 1 N–H and O–H groups in total. The standard InChI is InChI=1S/C14H17NO2/c1-3-8-15(9-4-2)14(17)11-12-6-5-7-13(16)10-12/h1,5-7,10,16H,4,8-9,11H2,2H3. The molecule has 1 rings (SSSR count). The fourth-order valence-corrected chi connectivity index (χ4v) is 1.62. The van der Waals surface area contributed by atoms with E-state index in [1.54, 1.807) is 23.1 Å². The van der Waals surface area contributed by atoms with Gasteiger partial charge >= 0.3 is 0 Å². The molecule has 0 heterocycles. The summed E-state index contributed by atoms with van der Waals surface area (Å²) in [5.41, 5.74) is 0.799. The Bertz CT molecular complexity index is 420. The monoisotopic (exact) mass is 231 g/mol. The molecule has 1 amide bonds. The number of hydrogen-bond acceptors (Lipinski definition) is 2. The Kier molecular flexibility index (Phi) is 5.09. The summed E-state index contributed by atoms with van der Waals surface area (Å²) in [4.78, 5) is 13.6. The van der Waals surface area contributed by atoms with Crippen LogP contribution in [-0.4, -0.2) is 29.0 Å². The Morgan fingerprint density at radius 3 is 2.88 bits per heavy atom. The van der Waals surface area contributed by atoms with Crippen molar-refractivity contribution in [3.8, 4) is 18.1 Å². The van der Waals surface area contributed by atoms with Gasteiger partial charge in [0.15, 0.2) is 0 Å². The fourth-order valence-electron chi connectivity index (χ4n) is 1.62. The minimum atomic E-state index is -0.00426. The average Bonchev–Trinajstić information content (AvgIpc) is 2.28. The lowest BCUT2D eigenvalue weighted by molar-refractivity contribution is -0.129. The number of aromatic hydroxyl groups is 1. The summed E-state index contributed by atoms with van der Waals surface area (Å²) in [5.74, 6) is 2.66. The SMILES string of the molecule is C#CCN(CCC)C(=O)Cc1cccc(O)c1. The van der Waals surface area contributed by atoms with Gasteiger partial charge in [0.25, 0.3) is 0 Å². The first-order chi connectivity index (χ1) is 8.17. The number of carbonyl (C=O) groups excluding carboxylic acids is 1. The smallest absolute Gasteiger partial charge is 0.227 e. The molecule has 1 aromatic rings. The molecule has 0 aromatic heterocycles. The van der Waals surface area contributed by atoms with E-state index < -0.39 is 0 Å². The van der Waals surface area contributed by atoms with Crippen molar-refractivity contribution in [2.75, 3.05) is 13.1 Å². The van der Waals surface area contributed by atoms with Gasteiger partial charge in [-0.3, -0.25) is 4.79 Å². The van der Waals surface area contributed by atoms with Crippen LogP contribution in [0.25, 0.3) is 0 Å². The largest absolute Gasteiger partial charge is 0.508 e. The van der Waals surface area contributed by atoms with Crippen molar-refractivity contribution in [2.45, 2.75) is 19.8 Å². The third-order valence-electron chi connectivity index (χ3n) is 2.39. The number of terminal acetylenes is 1. The molecule has 0 aliphatic rings. The maximum absolute atomic E-state index is 12.0. The van der Waals surface area contributed by atoms with Gasteiger partial charge < -0.3 is 10.0 Å². The van der Waals surface area contributed by atoms with E-state index in [0.29, 0.717) is 13.1 Å². The highest BCUT2D eigenvalue weighted by molar-refractivity contribution is 5.79. The van der Waals surface area contributed by atoms with E-state index in [9.17, 15) is 9.90 Å². The van der Waals surface area contributed by atoms with E-state index in [2.05, 4.69) is 5.92 Å². The van der Waals surface area contributed by atoms with Crippen molar-refractivity contribution in [1.29, 1.82) is 0 Å². The van der Waals surface area contributed by atoms with Crippen molar-refractivity contribution in [3.63, 3.8) is 0 Å². The molecule has 0 bridgehead atoms. The van der Waals surface area contributed by atoms with E-state index in [1.807, 2.05) is 13.0 Å². The second-order valence-electron chi connectivity index (χ2n) is 3.87. The zero-order valence-corrected chi connectivity index (χ0v) is 10.0. The Labute approximate surface area is 102 Å². The summed E-state index contributed by atoms with van der Waals surface area (Å²) in [5, 5.41) is 9.31. The van der Waals surface area contributed by atoms with E-state index in [1.165, 1.54) is 0 Å². The Balaban J connectivity index is 2.66. The summed E-state index contributed by atoms with van der Waals surface area (Å²) in [6.45, 7) is 3.01. The molecular formula is C14H17NO2. The van der Waals surface area contributed by atoms with Gasteiger partial charge in [-0.25, -0.2) is 0 Å². The zero-order chi connectivity index (χ0) is 12.7. The number of carbonyl (C=O) groups is 1. The van der Waals surface area contributed by atoms with Gasteiger partial charge in [-0.2, -0.15) is 0 Å². The van der Waals surface area contributed by atoms with Gasteiger partial charge in [0.05, 0.1) is 13.0 Å². The van der Waals surface area contributed by atoms with Crippen molar-refractivity contribution >= 4 is 5.91 Å². The molecule has 0 aliphatic carbocycles. The minimum Gasteiger partial charge on any atom is -0.508 e. The maximum atomic E-state index is 12.0. The molecule has 90 valence electrons. The quantitative estimate of drug-likeness (QED) is 0.785. The van der Waals surface area contributed by atoms with Crippen LogP contribution in [-0.2, 0) is 11.2 Å². The summed E-state index contributed by atoms with van der Waals surface area (Å²) in [7, 11) is 0. The van der Waals surface area contributed by atoms with Gasteiger partial charge in [-0.15, -0.1) is 6.42 Å². The highest BCUT2D eigenvalue weighted by Crippen LogP contribution is 2.12. The van der Waals surface area contributed by atoms with Crippen LogP contribution < -0.4 is 0 Å². The maximum Gasteiger partial charge on any atom is 0.227 e. The lowest BCUT2D eigenvalue weighted by Crippen LogP contribution is -2.33. The lowest BCUT2D eigenvalue weighted by atomic mass is 10.1. The third kappa shape index (κ3) is 4.20.